The highest BCUT2D eigenvalue weighted by Crippen LogP contribution is 2.26. The summed E-state index contributed by atoms with van der Waals surface area (Å²) in [5.74, 6) is -0.479. The molecule has 0 saturated heterocycles. The first kappa shape index (κ1) is 12.8. The third-order valence-electron chi connectivity index (χ3n) is 3.24. The Hall–Kier alpha value is -1.69. The van der Waals surface area contributed by atoms with Gasteiger partial charge in [0.1, 0.15) is 6.61 Å². The van der Waals surface area contributed by atoms with Gasteiger partial charge in [-0.25, -0.2) is 9.97 Å². The molecule has 18 heavy (non-hydrogen) atoms. The molecule has 1 aromatic heterocycles. The van der Waals surface area contributed by atoms with E-state index in [9.17, 15) is 4.79 Å². The lowest BCUT2D eigenvalue weighted by molar-refractivity contribution is 0.0985. The maximum atomic E-state index is 11.2. The van der Waals surface area contributed by atoms with Crippen LogP contribution >= 0.6 is 0 Å². The zero-order valence-electron chi connectivity index (χ0n) is 10.3. The van der Waals surface area contributed by atoms with Crippen molar-refractivity contribution in [3.63, 3.8) is 0 Å². The maximum absolute atomic E-state index is 11.2. The van der Waals surface area contributed by atoms with Crippen LogP contribution in [0.1, 0.15) is 42.6 Å². The molecule has 0 aromatic carbocycles. The lowest BCUT2D eigenvalue weighted by Crippen LogP contribution is -2.47. The first-order valence-corrected chi connectivity index (χ1v) is 6.13. The number of carbonyl (C=O) groups is 1. The van der Waals surface area contributed by atoms with Crippen molar-refractivity contribution in [3.05, 3.63) is 18.1 Å². The van der Waals surface area contributed by atoms with Crippen molar-refractivity contribution in [3.8, 4) is 5.88 Å². The van der Waals surface area contributed by atoms with Crippen molar-refractivity contribution in [2.45, 2.75) is 37.6 Å². The van der Waals surface area contributed by atoms with Gasteiger partial charge in [0.2, 0.25) is 5.88 Å². The second kappa shape index (κ2) is 5.30. The SMILES string of the molecule is NC(=O)c1nccnc1OCC1(N)CCCCC1. The van der Waals surface area contributed by atoms with E-state index in [4.69, 9.17) is 16.2 Å². The number of primary amides is 1. The van der Waals surface area contributed by atoms with Gasteiger partial charge in [0, 0.05) is 12.4 Å². The van der Waals surface area contributed by atoms with Crippen LogP contribution in [-0.2, 0) is 0 Å². The van der Waals surface area contributed by atoms with E-state index < -0.39 is 5.91 Å². The molecule has 1 aliphatic carbocycles. The second-order valence-electron chi connectivity index (χ2n) is 4.79. The lowest BCUT2D eigenvalue weighted by Gasteiger charge is -2.32. The molecule has 0 spiro atoms. The van der Waals surface area contributed by atoms with E-state index in [1.165, 1.54) is 18.8 Å². The van der Waals surface area contributed by atoms with E-state index in [1.54, 1.807) is 0 Å². The van der Waals surface area contributed by atoms with Crippen LogP contribution in [0.15, 0.2) is 12.4 Å². The van der Waals surface area contributed by atoms with Crippen LogP contribution in [0.5, 0.6) is 5.88 Å². The van der Waals surface area contributed by atoms with Gasteiger partial charge in [-0.1, -0.05) is 19.3 Å². The molecular weight excluding hydrogens is 232 g/mol. The number of aromatic nitrogens is 2. The third kappa shape index (κ3) is 2.95. The summed E-state index contributed by atoms with van der Waals surface area (Å²) in [5.41, 5.74) is 11.2. The zero-order chi connectivity index (χ0) is 13.0. The molecule has 1 aliphatic rings. The van der Waals surface area contributed by atoms with Crippen LogP contribution in [-0.4, -0.2) is 28.0 Å². The van der Waals surface area contributed by atoms with Gasteiger partial charge in [-0.3, -0.25) is 4.79 Å². The van der Waals surface area contributed by atoms with Crippen molar-refractivity contribution in [1.82, 2.24) is 9.97 Å². The Kier molecular flexibility index (Phi) is 3.76. The minimum atomic E-state index is -0.646. The third-order valence-corrected chi connectivity index (χ3v) is 3.24. The highest BCUT2D eigenvalue weighted by molar-refractivity contribution is 5.92. The highest BCUT2D eigenvalue weighted by atomic mass is 16.5. The number of rotatable bonds is 4. The molecule has 1 heterocycles. The molecule has 4 N–H and O–H groups in total. The average Bonchev–Trinajstić information content (AvgIpc) is 2.38. The first-order chi connectivity index (χ1) is 8.61. The fourth-order valence-corrected chi connectivity index (χ4v) is 2.21. The average molecular weight is 250 g/mol. The number of ether oxygens (including phenoxy) is 1. The molecule has 98 valence electrons. The molecule has 1 aromatic rings. The van der Waals surface area contributed by atoms with Crippen molar-refractivity contribution >= 4 is 5.91 Å². The molecule has 0 atom stereocenters. The molecule has 6 nitrogen and oxygen atoms in total. The van der Waals surface area contributed by atoms with Gasteiger partial charge in [0.25, 0.3) is 5.91 Å². The number of amides is 1. The lowest BCUT2D eigenvalue weighted by atomic mass is 9.83. The van der Waals surface area contributed by atoms with Gasteiger partial charge >= 0.3 is 0 Å². The highest BCUT2D eigenvalue weighted by Gasteiger charge is 2.29. The van der Waals surface area contributed by atoms with Gasteiger partial charge < -0.3 is 16.2 Å². The Bertz CT molecular complexity index is 430. The number of nitrogens with two attached hydrogens (primary N) is 2. The number of hydrogen-bond donors (Lipinski definition) is 2. The summed E-state index contributed by atoms with van der Waals surface area (Å²) in [7, 11) is 0. The summed E-state index contributed by atoms with van der Waals surface area (Å²) in [5, 5.41) is 0. The fraction of sp³-hybridized carbons (Fsp3) is 0.583. The van der Waals surface area contributed by atoms with Crippen LogP contribution in [0, 0.1) is 0 Å². The number of hydrogen-bond acceptors (Lipinski definition) is 5. The molecule has 2 rings (SSSR count). The summed E-state index contributed by atoms with van der Waals surface area (Å²) in [6.45, 7) is 0.339. The molecule has 1 fully saturated rings. The van der Waals surface area contributed by atoms with Crippen molar-refractivity contribution < 1.29 is 9.53 Å². The predicted octanol–water partition coefficient (Wildman–Crippen LogP) is 0.616. The maximum Gasteiger partial charge on any atom is 0.272 e. The van der Waals surface area contributed by atoms with Gasteiger partial charge in [-0.15, -0.1) is 0 Å². The number of nitrogens with zero attached hydrogens (tertiary/aromatic N) is 2. The standard InChI is InChI=1S/C12H18N4O2/c13-10(17)9-11(16-7-6-15-9)18-8-12(14)4-2-1-3-5-12/h6-7H,1-5,8,14H2,(H2,13,17). The Balaban J connectivity index is 2.03. The second-order valence-corrected chi connectivity index (χ2v) is 4.79. The monoisotopic (exact) mass is 250 g/mol. The largest absolute Gasteiger partial charge is 0.474 e. The summed E-state index contributed by atoms with van der Waals surface area (Å²) >= 11 is 0. The zero-order valence-corrected chi connectivity index (χ0v) is 10.3. The molecule has 6 heteroatoms. The van der Waals surface area contributed by atoms with E-state index in [-0.39, 0.29) is 17.1 Å². The Morgan fingerprint density at radius 3 is 2.61 bits per heavy atom. The minimum Gasteiger partial charge on any atom is -0.474 e. The van der Waals surface area contributed by atoms with E-state index >= 15 is 0 Å². The molecule has 1 saturated carbocycles. The minimum absolute atomic E-state index is 0.0527. The van der Waals surface area contributed by atoms with Gasteiger partial charge in [0.05, 0.1) is 5.54 Å². The van der Waals surface area contributed by atoms with Crippen LogP contribution in [0.4, 0.5) is 0 Å². The fourth-order valence-electron chi connectivity index (χ4n) is 2.21. The smallest absolute Gasteiger partial charge is 0.272 e. The van der Waals surface area contributed by atoms with Gasteiger partial charge in [-0.05, 0) is 12.8 Å². The van der Waals surface area contributed by atoms with Crippen LogP contribution in [0.3, 0.4) is 0 Å². The topological polar surface area (TPSA) is 104 Å². The molecule has 0 unspecified atom stereocenters. The Labute approximate surface area is 106 Å². The van der Waals surface area contributed by atoms with E-state index in [0.29, 0.717) is 6.61 Å². The predicted molar refractivity (Wildman–Crippen MR) is 66.0 cm³/mol. The van der Waals surface area contributed by atoms with Crippen LogP contribution in [0.2, 0.25) is 0 Å². The van der Waals surface area contributed by atoms with Crippen LogP contribution < -0.4 is 16.2 Å². The van der Waals surface area contributed by atoms with Gasteiger partial charge in [-0.2, -0.15) is 0 Å². The summed E-state index contributed by atoms with van der Waals surface area (Å²) < 4.78 is 5.54. The first-order valence-electron chi connectivity index (χ1n) is 6.13. The van der Waals surface area contributed by atoms with Crippen LogP contribution in [0.25, 0.3) is 0 Å². The Morgan fingerprint density at radius 2 is 1.94 bits per heavy atom. The molecule has 0 radical (unpaired) electrons. The summed E-state index contributed by atoms with van der Waals surface area (Å²) in [6, 6.07) is 0. The summed E-state index contributed by atoms with van der Waals surface area (Å²) in [6.07, 6.45) is 8.18. The number of carbonyl (C=O) groups excluding carboxylic acids is 1. The van der Waals surface area contributed by atoms with E-state index in [1.807, 2.05) is 0 Å². The normalized spacial score (nSPS) is 18.3. The van der Waals surface area contributed by atoms with Crippen molar-refractivity contribution in [2.75, 3.05) is 6.61 Å². The quantitative estimate of drug-likeness (QED) is 0.815. The molecule has 1 amide bonds. The molecular formula is C12H18N4O2. The Morgan fingerprint density at radius 1 is 1.28 bits per heavy atom. The van der Waals surface area contributed by atoms with Crippen molar-refractivity contribution in [1.29, 1.82) is 0 Å². The van der Waals surface area contributed by atoms with Gasteiger partial charge in [0.15, 0.2) is 5.69 Å². The van der Waals surface area contributed by atoms with Crippen molar-refractivity contribution in [2.24, 2.45) is 11.5 Å². The van der Waals surface area contributed by atoms with E-state index in [0.717, 1.165) is 25.7 Å². The summed E-state index contributed by atoms with van der Waals surface area (Å²) in [4.78, 5) is 19.0. The van der Waals surface area contributed by atoms with E-state index in [2.05, 4.69) is 9.97 Å². The molecule has 0 aliphatic heterocycles. The molecule has 0 bridgehead atoms.